The van der Waals surface area contributed by atoms with Crippen LogP contribution in [0, 0.1) is 0 Å². The summed E-state index contributed by atoms with van der Waals surface area (Å²) in [7, 11) is 0. The first-order valence-corrected chi connectivity index (χ1v) is 8.54. The topological polar surface area (TPSA) is 21.7 Å². The summed E-state index contributed by atoms with van der Waals surface area (Å²) in [6.07, 6.45) is 0.875. The Morgan fingerprint density at radius 3 is 2.50 bits per heavy atom. The zero-order chi connectivity index (χ0) is 16.2. The van der Waals surface area contributed by atoms with Crippen molar-refractivity contribution in [2.75, 3.05) is 19.6 Å². The molecule has 1 aliphatic rings. The lowest BCUT2D eigenvalue weighted by Crippen LogP contribution is -2.26. The molecular weight excluding hydrogens is 345 g/mol. The zero-order valence-electron chi connectivity index (χ0n) is 14.0. The van der Waals surface area contributed by atoms with Crippen LogP contribution in [-0.4, -0.2) is 24.5 Å². The second-order valence-electron chi connectivity index (χ2n) is 5.65. The van der Waals surface area contributed by atoms with Gasteiger partial charge in [0.05, 0.1) is 0 Å². The van der Waals surface area contributed by atoms with E-state index in [1.165, 1.54) is 0 Å². The van der Waals surface area contributed by atoms with Gasteiger partial charge in [-0.1, -0.05) is 43.6 Å². The van der Waals surface area contributed by atoms with Crippen molar-refractivity contribution in [3.63, 3.8) is 0 Å². The largest absolute Gasteiger partial charge is 0.482 e. The van der Waals surface area contributed by atoms with E-state index < -0.39 is 0 Å². The van der Waals surface area contributed by atoms with E-state index >= 15 is 0 Å². The lowest BCUT2D eigenvalue weighted by atomic mass is 10.0. The normalized spacial score (nSPS) is 15.4. The molecule has 0 amide bonds. The Morgan fingerprint density at radius 1 is 1.00 bits per heavy atom. The minimum Gasteiger partial charge on any atom is -0.482 e. The van der Waals surface area contributed by atoms with Crippen LogP contribution in [0.4, 0.5) is 0 Å². The third kappa shape index (κ3) is 4.15. The molecule has 5 heteroatoms. The number of hydrogen-bond acceptors (Lipinski definition) is 3. The van der Waals surface area contributed by atoms with Gasteiger partial charge in [0.1, 0.15) is 11.9 Å². The van der Waals surface area contributed by atoms with Crippen molar-refractivity contribution in [2.45, 2.75) is 26.4 Å². The average molecular weight is 368 g/mol. The summed E-state index contributed by atoms with van der Waals surface area (Å²) in [6.45, 7) is 7.45. The van der Waals surface area contributed by atoms with E-state index in [9.17, 15) is 0 Å². The number of fused-ring (bicyclic) bond motifs is 2. The minimum atomic E-state index is -0.0356. The fourth-order valence-corrected chi connectivity index (χ4v) is 3.05. The summed E-state index contributed by atoms with van der Waals surface area (Å²) in [5, 5.41) is 0.654. The molecule has 3 rings (SSSR count). The number of nitrogens with zero attached hydrogens (tertiary/aromatic N) is 1. The molecule has 0 saturated heterocycles. The van der Waals surface area contributed by atoms with E-state index in [0.717, 1.165) is 37.4 Å². The van der Waals surface area contributed by atoms with Crippen LogP contribution >= 0.6 is 24.0 Å². The van der Waals surface area contributed by atoms with E-state index in [-0.39, 0.29) is 18.5 Å². The van der Waals surface area contributed by atoms with Crippen LogP contribution in [0.5, 0.6) is 17.2 Å². The summed E-state index contributed by atoms with van der Waals surface area (Å²) in [6, 6.07) is 13.6. The molecule has 2 aromatic carbocycles. The van der Waals surface area contributed by atoms with Crippen molar-refractivity contribution < 1.29 is 9.47 Å². The average Bonchev–Trinajstić information content (AvgIpc) is 2.72. The number of halogens is 2. The molecule has 0 radical (unpaired) electrons. The van der Waals surface area contributed by atoms with Gasteiger partial charge in [-0.25, -0.2) is 0 Å². The summed E-state index contributed by atoms with van der Waals surface area (Å²) in [4.78, 5) is 2.40. The maximum Gasteiger partial charge on any atom is 0.169 e. The van der Waals surface area contributed by atoms with E-state index in [2.05, 4.69) is 24.8 Å². The molecule has 1 aliphatic heterocycles. The molecule has 0 saturated carbocycles. The van der Waals surface area contributed by atoms with E-state index in [1.807, 2.05) is 36.4 Å². The summed E-state index contributed by atoms with van der Waals surface area (Å²) < 4.78 is 12.3. The number of ether oxygens (including phenoxy) is 2. The van der Waals surface area contributed by atoms with Crippen LogP contribution in [0.2, 0.25) is 5.02 Å². The summed E-state index contributed by atoms with van der Waals surface area (Å²) in [5.74, 6) is 2.28. The van der Waals surface area contributed by atoms with Crippen LogP contribution in [0.1, 0.15) is 31.9 Å². The first-order valence-electron chi connectivity index (χ1n) is 8.16. The fourth-order valence-electron chi connectivity index (χ4n) is 2.89. The van der Waals surface area contributed by atoms with Gasteiger partial charge < -0.3 is 14.4 Å². The molecular formula is C19H23Cl2NO2. The van der Waals surface area contributed by atoms with Crippen LogP contribution in [0.25, 0.3) is 0 Å². The third-order valence-electron chi connectivity index (χ3n) is 4.26. The highest BCUT2D eigenvalue weighted by Gasteiger charge is 2.24. The molecule has 0 fully saturated rings. The lowest BCUT2D eigenvalue weighted by molar-refractivity contribution is 0.170. The van der Waals surface area contributed by atoms with Gasteiger partial charge in [-0.15, -0.1) is 12.4 Å². The third-order valence-corrected chi connectivity index (χ3v) is 4.50. The molecule has 0 N–H and O–H groups in total. The van der Waals surface area contributed by atoms with Crippen molar-refractivity contribution in [1.82, 2.24) is 4.90 Å². The van der Waals surface area contributed by atoms with Crippen LogP contribution in [-0.2, 0) is 0 Å². The number of hydrogen-bond donors (Lipinski definition) is 0. The number of para-hydroxylation sites is 1. The Hall–Kier alpha value is -1.42. The molecule has 2 aromatic rings. The van der Waals surface area contributed by atoms with Crippen molar-refractivity contribution >= 4 is 24.0 Å². The monoisotopic (exact) mass is 367 g/mol. The molecule has 0 spiro atoms. The Bertz CT molecular complexity index is 674. The maximum atomic E-state index is 6.27. The highest BCUT2D eigenvalue weighted by molar-refractivity contribution is 6.30. The molecule has 1 unspecified atom stereocenters. The van der Waals surface area contributed by atoms with Crippen molar-refractivity contribution in [3.05, 3.63) is 53.1 Å². The van der Waals surface area contributed by atoms with Crippen molar-refractivity contribution in [3.8, 4) is 17.2 Å². The van der Waals surface area contributed by atoms with Gasteiger partial charge in [-0.2, -0.15) is 0 Å². The highest BCUT2D eigenvalue weighted by atomic mass is 35.5. The molecule has 24 heavy (non-hydrogen) atoms. The van der Waals surface area contributed by atoms with Crippen LogP contribution in [0.3, 0.4) is 0 Å². The van der Waals surface area contributed by atoms with E-state index in [4.69, 9.17) is 21.1 Å². The standard InChI is InChI=1S/C19H22ClNO2.ClH/c1-3-21(4-2)12-11-17-15-7-5-6-8-16(15)22-18-10-9-14(20)13-19(18)23-17;/h5-10,13,17H,3-4,11-12H2,1-2H3;1H. The maximum absolute atomic E-state index is 6.27. The SMILES string of the molecule is CCN(CC)CCC1Oc2cc(Cl)ccc2Oc2ccccc21.Cl. The quantitative estimate of drug-likeness (QED) is 0.674. The summed E-state index contributed by atoms with van der Waals surface area (Å²) >= 11 is 6.12. The molecule has 130 valence electrons. The zero-order valence-corrected chi connectivity index (χ0v) is 15.6. The smallest absolute Gasteiger partial charge is 0.169 e. The predicted molar refractivity (Wildman–Crippen MR) is 101 cm³/mol. The highest BCUT2D eigenvalue weighted by Crippen LogP contribution is 2.43. The van der Waals surface area contributed by atoms with Crippen molar-refractivity contribution in [2.24, 2.45) is 0 Å². The van der Waals surface area contributed by atoms with Crippen molar-refractivity contribution in [1.29, 1.82) is 0 Å². The van der Waals surface area contributed by atoms with Crippen LogP contribution < -0.4 is 9.47 Å². The van der Waals surface area contributed by atoms with Gasteiger partial charge in [0.15, 0.2) is 11.5 Å². The summed E-state index contributed by atoms with van der Waals surface area (Å²) in [5.41, 5.74) is 1.09. The molecule has 1 atom stereocenters. The Kier molecular flexibility index (Phi) is 6.79. The van der Waals surface area contributed by atoms with Gasteiger partial charge in [-0.05, 0) is 31.3 Å². The molecule has 0 aliphatic carbocycles. The van der Waals surface area contributed by atoms with Gasteiger partial charge >= 0.3 is 0 Å². The first kappa shape index (κ1) is 18.9. The van der Waals surface area contributed by atoms with Gasteiger partial charge in [-0.3, -0.25) is 0 Å². The predicted octanol–water partition coefficient (Wildman–Crippen LogP) is 5.72. The molecule has 0 bridgehead atoms. The molecule has 0 aromatic heterocycles. The Morgan fingerprint density at radius 2 is 1.75 bits per heavy atom. The molecule has 1 heterocycles. The van der Waals surface area contributed by atoms with Gasteiger partial charge in [0.2, 0.25) is 0 Å². The molecule has 3 nitrogen and oxygen atoms in total. The lowest BCUT2D eigenvalue weighted by Gasteiger charge is -2.23. The fraction of sp³-hybridized carbons (Fsp3) is 0.368. The second-order valence-corrected chi connectivity index (χ2v) is 6.09. The van der Waals surface area contributed by atoms with E-state index in [0.29, 0.717) is 16.5 Å². The Labute approximate surface area is 154 Å². The Balaban J connectivity index is 0.00000208. The van der Waals surface area contributed by atoms with E-state index in [1.54, 1.807) is 0 Å². The van der Waals surface area contributed by atoms with Crippen LogP contribution in [0.15, 0.2) is 42.5 Å². The number of benzene rings is 2. The van der Waals surface area contributed by atoms with Gasteiger partial charge in [0.25, 0.3) is 0 Å². The second kappa shape index (κ2) is 8.61. The minimum absolute atomic E-state index is 0. The van der Waals surface area contributed by atoms with Gasteiger partial charge in [0, 0.05) is 29.6 Å². The first-order chi connectivity index (χ1) is 11.2. The number of rotatable bonds is 5.